The number of amides is 4. The number of hydrogen-bond donors (Lipinski definition) is 1. The number of carbonyl (C=O) groups is 3. The lowest BCUT2D eigenvalue weighted by Crippen LogP contribution is -2.32. The van der Waals surface area contributed by atoms with E-state index in [0.717, 1.165) is 5.56 Å². The monoisotopic (exact) mass is 353 g/mol. The van der Waals surface area contributed by atoms with Crippen LogP contribution in [-0.2, 0) is 9.59 Å². The summed E-state index contributed by atoms with van der Waals surface area (Å²) in [6.45, 7) is 2.15. The minimum Gasteiger partial charge on any atom is -0.495 e. The smallest absolute Gasteiger partial charge is 0.326 e. The van der Waals surface area contributed by atoms with Crippen molar-refractivity contribution in [1.82, 2.24) is 9.80 Å². The molecule has 1 aliphatic heterocycles. The first-order valence-electron chi connectivity index (χ1n) is 7.53. The number of anilines is 1. The van der Waals surface area contributed by atoms with Crippen molar-refractivity contribution in [2.45, 2.75) is 19.8 Å². The fourth-order valence-electron chi connectivity index (χ4n) is 2.43. The number of urea groups is 1. The third-order valence-electron chi connectivity index (χ3n) is 3.77. The quantitative estimate of drug-likeness (QED) is 0.796. The molecule has 24 heavy (non-hydrogen) atoms. The second kappa shape index (κ2) is 7.53. The van der Waals surface area contributed by atoms with E-state index in [1.54, 1.807) is 19.2 Å². The molecule has 1 saturated heterocycles. The van der Waals surface area contributed by atoms with E-state index in [1.165, 1.54) is 16.9 Å². The Morgan fingerprint density at radius 1 is 1.38 bits per heavy atom. The molecule has 8 heteroatoms. The Hall–Kier alpha value is -2.28. The Morgan fingerprint density at radius 3 is 2.67 bits per heavy atom. The van der Waals surface area contributed by atoms with E-state index >= 15 is 0 Å². The summed E-state index contributed by atoms with van der Waals surface area (Å²) in [6, 6.07) is 3.06. The van der Waals surface area contributed by atoms with E-state index in [-0.39, 0.29) is 37.4 Å². The van der Waals surface area contributed by atoms with Crippen molar-refractivity contribution in [3.05, 3.63) is 22.7 Å². The molecule has 130 valence electrons. The zero-order valence-corrected chi connectivity index (χ0v) is 14.6. The van der Waals surface area contributed by atoms with Gasteiger partial charge in [0.05, 0.1) is 12.8 Å². The zero-order valence-electron chi connectivity index (χ0n) is 13.9. The number of ether oxygens (including phenoxy) is 1. The normalized spacial score (nSPS) is 14.3. The van der Waals surface area contributed by atoms with Crippen molar-refractivity contribution < 1.29 is 19.1 Å². The van der Waals surface area contributed by atoms with E-state index in [9.17, 15) is 14.4 Å². The number of aryl methyl sites for hydroxylation is 1. The molecule has 1 aromatic rings. The number of imide groups is 1. The van der Waals surface area contributed by atoms with Crippen LogP contribution in [0.5, 0.6) is 5.75 Å². The van der Waals surface area contributed by atoms with Gasteiger partial charge in [-0.15, -0.1) is 0 Å². The number of nitrogens with one attached hydrogen (secondary N) is 1. The average Bonchev–Trinajstić information content (AvgIpc) is 2.76. The fourth-order valence-corrected chi connectivity index (χ4v) is 2.58. The Kier molecular flexibility index (Phi) is 5.66. The highest BCUT2D eigenvalue weighted by Crippen LogP contribution is 2.31. The second-order valence-corrected chi connectivity index (χ2v) is 6.04. The molecule has 4 amide bonds. The number of nitrogens with zero attached hydrogens (tertiary/aromatic N) is 2. The predicted octanol–water partition coefficient (Wildman–Crippen LogP) is 2.27. The van der Waals surface area contributed by atoms with Crippen LogP contribution in [-0.4, -0.2) is 54.9 Å². The van der Waals surface area contributed by atoms with Gasteiger partial charge in [0.2, 0.25) is 11.8 Å². The Labute approximate surface area is 145 Å². The van der Waals surface area contributed by atoms with Crippen molar-refractivity contribution in [2.24, 2.45) is 0 Å². The van der Waals surface area contributed by atoms with E-state index in [1.807, 2.05) is 6.92 Å². The molecular weight excluding hydrogens is 334 g/mol. The van der Waals surface area contributed by atoms with Crippen LogP contribution in [0.25, 0.3) is 0 Å². The first-order chi connectivity index (χ1) is 11.3. The van der Waals surface area contributed by atoms with Gasteiger partial charge in [-0.1, -0.05) is 11.6 Å². The summed E-state index contributed by atoms with van der Waals surface area (Å²) < 4.78 is 5.21. The highest BCUT2D eigenvalue weighted by molar-refractivity contribution is 6.31. The number of benzene rings is 1. The van der Waals surface area contributed by atoms with Crippen molar-refractivity contribution in [2.75, 3.05) is 32.6 Å². The summed E-state index contributed by atoms with van der Waals surface area (Å²) in [6.07, 6.45) is 0.581. The fraction of sp³-hybridized carbons (Fsp3) is 0.438. The van der Waals surface area contributed by atoms with Crippen LogP contribution < -0.4 is 10.1 Å². The number of likely N-dealkylation sites (N-methyl/N-ethyl adjacent to an activating group) is 1. The predicted molar refractivity (Wildman–Crippen MR) is 90.3 cm³/mol. The number of methoxy groups -OCH3 is 1. The molecular formula is C16H20ClN3O4. The topological polar surface area (TPSA) is 79.0 Å². The standard InChI is InChI=1S/C16H20ClN3O4/c1-10-7-12(13(24-3)8-11(10)17)18-14(21)5-4-6-20-15(22)9-19(2)16(20)23/h7-8H,4-6,9H2,1-3H3,(H,18,21). The van der Waals surface area contributed by atoms with E-state index in [4.69, 9.17) is 16.3 Å². The van der Waals surface area contributed by atoms with Crippen LogP contribution in [0.1, 0.15) is 18.4 Å². The average molecular weight is 354 g/mol. The van der Waals surface area contributed by atoms with Gasteiger partial charge in [0, 0.05) is 31.1 Å². The van der Waals surface area contributed by atoms with Gasteiger partial charge in [-0.3, -0.25) is 14.5 Å². The molecule has 0 atom stereocenters. The van der Waals surface area contributed by atoms with Crippen molar-refractivity contribution >= 4 is 35.1 Å². The maximum atomic E-state index is 12.1. The molecule has 1 heterocycles. The van der Waals surface area contributed by atoms with E-state index in [2.05, 4.69) is 5.32 Å². The molecule has 0 radical (unpaired) electrons. The minimum atomic E-state index is -0.324. The Morgan fingerprint density at radius 2 is 2.08 bits per heavy atom. The number of halogens is 1. The van der Waals surface area contributed by atoms with Gasteiger partial charge in [0.15, 0.2) is 0 Å². The van der Waals surface area contributed by atoms with Gasteiger partial charge in [-0.25, -0.2) is 4.79 Å². The Balaban J connectivity index is 1.89. The van der Waals surface area contributed by atoms with Crippen molar-refractivity contribution in [3.8, 4) is 5.75 Å². The molecule has 0 aromatic heterocycles. The number of rotatable bonds is 6. The molecule has 0 unspecified atom stereocenters. The molecule has 0 saturated carbocycles. The molecule has 7 nitrogen and oxygen atoms in total. The molecule has 0 spiro atoms. The molecule has 1 aromatic carbocycles. The van der Waals surface area contributed by atoms with Gasteiger partial charge in [0.1, 0.15) is 12.3 Å². The number of carbonyl (C=O) groups excluding carboxylic acids is 3. The molecule has 1 N–H and O–H groups in total. The molecule has 0 bridgehead atoms. The third kappa shape index (κ3) is 3.97. The van der Waals surface area contributed by atoms with Crippen molar-refractivity contribution in [1.29, 1.82) is 0 Å². The summed E-state index contributed by atoms with van der Waals surface area (Å²) in [5, 5.41) is 3.32. The lowest BCUT2D eigenvalue weighted by Gasteiger charge is -2.14. The third-order valence-corrected chi connectivity index (χ3v) is 4.18. The maximum absolute atomic E-state index is 12.1. The Bertz CT molecular complexity index is 678. The van der Waals surface area contributed by atoms with Gasteiger partial charge >= 0.3 is 6.03 Å². The molecule has 0 aliphatic carbocycles. The summed E-state index contributed by atoms with van der Waals surface area (Å²) in [5.41, 5.74) is 1.36. The highest BCUT2D eigenvalue weighted by atomic mass is 35.5. The lowest BCUT2D eigenvalue weighted by molar-refractivity contribution is -0.125. The molecule has 1 fully saturated rings. The first kappa shape index (κ1) is 18.1. The van der Waals surface area contributed by atoms with Crippen LogP contribution in [0.3, 0.4) is 0 Å². The van der Waals surface area contributed by atoms with Crippen LogP contribution in [0.15, 0.2) is 12.1 Å². The van der Waals surface area contributed by atoms with Crippen LogP contribution in [0.2, 0.25) is 5.02 Å². The van der Waals surface area contributed by atoms with Crippen LogP contribution in [0, 0.1) is 6.92 Å². The SMILES string of the molecule is COc1cc(Cl)c(C)cc1NC(=O)CCCN1C(=O)CN(C)C1=O. The summed E-state index contributed by atoms with van der Waals surface area (Å²) in [4.78, 5) is 38.0. The highest BCUT2D eigenvalue weighted by Gasteiger charge is 2.32. The molecule has 1 aliphatic rings. The van der Waals surface area contributed by atoms with Crippen LogP contribution >= 0.6 is 11.6 Å². The largest absolute Gasteiger partial charge is 0.495 e. The van der Waals surface area contributed by atoms with E-state index in [0.29, 0.717) is 22.9 Å². The maximum Gasteiger partial charge on any atom is 0.326 e. The van der Waals surface area contributed by atoms with Gasteiger partial charge in [-0.2, -0.15) is 0 Å². The van der Waals surface area contributed by atoms with Crippen molar-refractivity contribution in [3.63, 3.8) is 0 Å². The van der Waals surface area contributed by atoms with Gasteiger partial charge in [-0.05, 0) is 25.0 Å². The summed E-state index contributed by atoms with van der Waals surface area (Å²) in [7, 11) is 3.07. The van der Waals surface area contributed by atoms with Gasteiger partial charge < -0.3 is 15.0 Å². The minimum absolute atomic E-state index is 0.0896. The summed E-state index contributed by atoms with van der Waals surface area (Å²) >= 11 is 6.03. The van der Waals surface area contributed by atoms with Gasteiger partial charge in [0.25, 0.3) is 0 Å². The first-order valence-corrected chi connectivity index (χ1v) is 7.90. The second-order valence-electron chi connectivity index (χ2n) is 5.64. The molecule has 2 rings (SSSR count). The van der Waals surface area contributed by atoms with Crippen LogP contribution in [0.4, 0.5) is 10.5 Å². The zero-order chi connectivity index (χ0) is 17.9. The van der Waals surface area contributed by atoms with E-state index < -0.39 is 0 Å². The lowest BCUT2D eigenvalue weighted by atomic mass is 10.2. The summed E-state index contributed by atoms with van der Waals surface area (Å²) in [5.74, 6) is 0.0193. The number of hydrogen-bond acceptors (Lipinski definition) is 4.